The van der Waals surface area contributed by atoms with Crippen LogP contribution in [0, 0.1) is 0 Å². The number of fused-ring (bicyclic) bond motifs is 1. The number of aromatic nitrogens is 4. The summed E-state index contributed by atoms with van der Waals surface area (Å²) >= 11 is 1.35. The van der Waals surface area contributed by atoms with Gasteiger partial charge in [0.2, 0.25) is 0 Å². The van der Waals surface area contributed by atoms with Crippen LogP contribution >= 0.6 is 11.8 Å². The Bertz CT molecular complexity index is 829. The molecule has 4 atom stereocenters. The number of imidazole rings is 1. The van der Waals surface area contributed by atoms with E-state index < -0.39 is 31.1 Å². The second-order valence-electron chi connectivity index (χ2n) is 6.20. The molecule has 5 N–H and O–H groups in total. The van der Waals surface area contributed by atoms with Crippen molar-refractivity contribution in [3.8, 4) is 0 Å². The molecule has 0 unspecified atom stereocenters. The molecule has 27 heavy (non-hydrogen) atoms. The van der Waals surface area contributed by atoms with Crippen molar-refractivity contribution in [3.05, 3.63) is 18.0 Å². The largest absolute Gasteiger partial charge is 0.394 e. The zero-order chi connectivity index (χ0) is 19.6. The number of ether oxygens (including phenoxy) is 1. The molecular weight excluding hydrogens is 374 g/mol. The summed E-state index contributed by atoms with van der Waals surface area (Å²) in [4.78, 5) is 13.2. The molecule has 0 radical (unpaired) electrons. The summed E-state index contributed by atoms with van der Waals surface area (Å²) < 4.78 is 7.10. The predicted octanol–water partition coefficient (Wildman–Crippen LogP) is -0.490. The molecule has 11 heteroatoms. The lowest BCUT2D eigenvalue weighted by molar-refractivity contribution is -0.0511. The van der Waals surface area contributed by atoms with E-state index >= 15 is 0 Å². The van der Waals surface area contributed by atoms with Crippen LogP contribution in [0.15, 0.2) is 23.1 Å². The highest BCUT2D eigenvalue weighted by atomic mass is 32.2. The van der Waals surface area contributed by atoms with E-state index in [2.05, 4.69) is 20.3 Å². The van der Waals surface area contributed by atoms with Crippen molar-refractivity contribution in [1.29, 1.82) is 0 Å². The molecule has 0 spiro atoms. The third-order valence-corrected chi connectivity index (χ3v) is 4.89. The van der Waals surface area contributed by atoms with Crippen LogP contribution < -0.4 is 5.32 Å². The molecule has 0 amide bonds. The molecule has 1 fully saturated rings. The van der Waals surface area contributed by atoms with E-state index in [0.29, 0.717) is 28.7 Å². The summed E-state index contributed by atoms with van der Waals surface area (Å²) in [6.45, 7) is 1.85. The first-order valence-corrected chi connectivity index (χ1v) is 9.64. The van der Waals surface area contributed by atoms with Crippen LogP contribution in [0.4, 0.5) is 5.82 Å². The van der Waals surface area contributed by atoms with E-state index in [1.165, 1.54) is 22.7 Å². The molecule has 3 rings (SSSR count). The number of nitrogens with zero attached hydrogens (tertiary/aromatic N) is 4. The minimum Gasteiger partial charge on any atom is -0.394 e. The van der Waals surface area contributed by atoms with Crippen molar-refractivity contribution < 1.29 is 25.2 Å². The number of anilines is 1. The van der Waals surface area contributed by atoms with Gasteiger partial charge < -0.3 is 30.5 Å². The first-order chi connectivity index (χ1) is 13.0. The summed E-state index contributed by atoms with van der Waals surface area (Å²) in [5, 5.41) is 42.3. The molecule has 2 aromatic heterocycles. The van der Waals surface area contributed by atoms with E-state index in [0.717, 1.165) is 5.57 Å². The van der Waals surface area contributed by atoms with Gasteiger partial charge in [0.05, 0.1) is 19.5 Å². The van der Waals surface area contributed by atoms with E-state index in [1.54, 1.807) is 0 Å². The van der Waals surface area contributed by atoms with Gasteiger partial charge in [0.1, 0.15) is 18.3 Å². The van der Waals surface area contributed by atoms with E-state index in [1.807, 2.05) is 19.3 Å². The number of nitrogens with one attached hydrogen (secondary N) is 1. The first-order valence-electron chi connectivity index (χ1n) is 8.41. The molecule has 1 aliphatic rings. The molecule has 1 aliphatic heterocycles. The highest BCUT2D eigenvalue weighted by molar-refractivity contribution is 7.98. The lowest BCUT2D eigenvalue weighted by Gasteiger charge is -2.17. The summed E-state index contributed by atoms with van der Waals surface area (Å²) in [6, 6.07) is 0. The molecule has 148 valence electrons. The highest BCUT2D eigenvalue weighted by Gasteiger charge is 2.44. The molecule has 0 saturated carbocycles. The number of thioether (sulfide) groups is 1. The summed E-state index contributed by atoms with van der Waals surface area (Å²) in [5.74, 6) is 0.511. The highest BCUT2D eigenvalue weighted by Crippen LogP contribution is 2.32. The van der Waals surface area contributed by atoms with Crippen molar-refractivity contribution in [2.75, 3.05) is 31.3 Å². The monoisotopic (exact) mass is 397 g/mol. The molecule has 1 saturated heterocycles. The van der Waals surface area contributed by atoms with Crippen LogP contribution in [-0.4, -0.2) is 84.3 Å². The van der Waals surface area contributed by atoms with Crippen molar-refractivity contribution in [2.45, 2.75) is 36.6 Å². The Morgan fingerprint density at radius 1 is 1.33 bits per heavy atom. The fraction of sp³-hybridized carbons (Fsp3) is 0.562. The fourth-order valence-corrected chi connectivity index (χ4v) is 3.15. The molecule has 3 heterocycles. The van der Waals surface area contributed by atoms with Gasteiger partial charge in [-0.1, -0.05) is 23.4 Å². The Morgan fingerprint density at radius 3 is 2.74 bits per heavy atom. The maximum atomic E-state index is 10.3. The first kappa shape index (κ1) is 20.0. The molecule has 0 bridgehead atoms. The Hall–Kier alpha value is -1.76. The van der Waals surface area contributed by atoms with Gasteiger partial charge >= 0.3 is 0 Å². The van der Waals surface area contributed by atoms with Crippen molar-refractivity contribution in [1.82, 2.24) is 19.5 Å². The minimum absolute atomic E-state index is 0.0171. The smallest absolute Gasteiger partial charge is 0.191 e. The minimum atomic E-state index is -1.22. The van der Waals surface area contributed by atoms with Gasteiger partial charge in [-0.15, -0.1) is 0 Å². The molecule has 0 aromatic carbocycles. The van der Waals surface area contributed by atoms with Gasteiger partial charge in [-0.05, 0) is 13.2 Å². The third kappa shape index (κ3) is 3.93. The number of hydrogen-bond donors (Lipinski definition) is 5. The summed E-state index contributed by atoms with van der Waals surface area (Å²) in [7, 11) is 0. The number of hydrogen-bond acceptors (Lipinski definition) is 10. The maximum Gasteiger partial charge on any atom is 0.191 e. The fourth-order valence-electron chi connectivity index (χ4n) is 2.79. The predicted molar refractivity (Wildman–Crippen MR) is 99.4 cm³/mol. The third-order valence-electron chi connectivity index (χ3n) is 4.34. The Morgan fingerprint density at radius 2 is 2.11 bits per heavy atom. The van der Waals surface area contributed by atoms with Gasteiger partial charge in [-0.3, -0.25) is 4.57 Å². The van der Waals surface area contributed by atoms with Crippen LogP contribution in [0.2, 0.25) is 0 Å². The number of aliphatic hydroxyl groups excluding tert-OH is 4. The molecule has 2 aromatic rings. The molecule has 0 aliphatic carbocycles. The quantitative estimate of drug-likeness (QED) is 0.236. The molecule has 10 nitrogen and oxygen atoms in total. The van der Waals surface area contributed by atoms with Crippen LogP contribution in [0.1, 0.15) is 13.2 Å². The average Bonchev–Trinajstić information content (AvgIpc) is 3.22. The van der Waals surface area contributed by atoms with Crippen LogP contribution in [0.5, 0.6) is 0 Å². The van der Waals surface area contributed by atoms with Gasteiger partial charge in [-0.2, -0.15) is 0 Å². The zero-order valence-corrected chi connectivity index (χ0v) is 15.8. The van der Waals surface area contributed by atoms with Crippen LogP contribution in [-0.2, 0) is 4.74 Å². The lowest BCUT2D eigenvalue weighted by atomic mass is 10.1. The van der Waals surface area contributed by atoms with E-state index in [9.17, 15) is 15.3 Å². The van der Waals surface area contributed by atoms with Crippen LogP contribution in [0.25, 0.3) is 11.2 Å². The molecular formula is C16H23N5O5S. The maximum absolute atomic E-state index is 10.3. The SMILES string of the molecule is CSc1nc(NC/C=C(\C)CO)c2ncn([C@@H]3O[C@H](CO)[C@@H](O)[C@H]3O)c2n1. The van der Waals surface area contributed by atoms with Gasteiger partial charge in [0, 0.05) is 6.54 Å². The van der Waals surface area contributed by atoms with Gasteiger partial charge in [0.25, 0.3) is 0 Å². The van der Waals surface area contributed by atoms with Gasteiger partial charge in [-0.25, -0.2) is 15.0 Å². The Balaban J connectivity index is 1.96. The zero-order valence-electron chi connectivity index (χ0n) is 15.0. The van der Waals surface area contributed by atoms with Crippen molar-refractivity contribution in [2.24, 2.45) is 0 Å². The Kier molecular flexibility index (Phi) is 6.29. The summed E-state index contributed by atoms with van der Waals surface area (Å²) in [5.41, 5.74) is 1.75. The topological polar surface area (TPSA) is 146 Å². The van der Waals surface area contributed by atoms with Crippen molar-refractivity contribution >= 4 is 28.7 Å². The Labute approximate surface area is 159 Å². The normalized spacial score (nSPS) is 26.1. The van der Waals surface area contributed by atoms with E-state index in [-0.39, 0.29) is 6.61 Å². The van der Waals surface area contributed by atoms with Gasteiger partial charge in [0.15, 0.2) is 28.4 Å². The summed E-state index contributed by atoms with van der Waals surface area (Å²) in [6.07, 6.45) is 0.917. The second kappa shape index (κ2) is 8.50. The second-order valence-corrected chi connectivity index (χ2v) is 6.97. The van der Waals surface area contributed by atoms with Crippen molar-refractivity contribution in [3.63, 3.8) is 0 Å². The number of aliphatic hydroxyl groups is 4. The average molecular weight is 397 g/mol. The van der Waals surface area contributed by atoms with Crippen LogP contribution in [0.3, 0.4) is 0 Å². The van der Waals surface area contributed by atoms with E-state index in [4.69, 9.17) is 9.84 Å². The number of rotatable bonds is 7. The lowest BCUT2D eigenvalue weighted by Crippen LogP contribution is -2.33. The standard InChI is InChI=1S/C16H23N5O5S/c1-8(5-22)3-4-17-13-10-14(20-16(19-13)27-2)21(7-18-10)15-12(25)11(24)9(6-23)26-15/h3,7,9,11-12,15,22-25H,4-6H2,1-2H3,(H,17,19,20)/b8-3+/t9-,11-,12-,15-/m1/s1.